The average Bonchev–Trinajstić information content (AvgIpc) is 2.51. The lowest BCUT2D eigenvalue weighted by Gasteiger charge is -2.15. The second-order valence-corrected chi connectivity index (χ2v) is 6.70. The molecule has 0 saturated carbocycles. The molecular formula is C12H15ClN2S. The van der Waals surface area contributed by atoms with Gasteiger partial charge in [0.25, 0.3) is 0 Å². The van der Waals surface area contributed by atoms with Crippen LogP contribution >= 0.6 is 23.4 Å². The predicted octanol–water partition coefficient (Wildman–Crippen LogP) is 3.94. The summed E-state index contributed by atoms with van der Waals surface area (Å²) in [4.78, 5) is 4.48. The third-order valence-corrected chi connectivity index (χ3v) is 3.75. The molecule has 86 valence electrons. The van der Waals surface area contributed by atoms with E-state index in [1.54, 1.807) is 11.8 Å². The van der Waals surface area contributed by atoms with E-state index in [9.17, 15) is 0 Å². The Balaban J connectivity index is 2.11. The molecule has 0 atom stereocenters. The van der Waals surface area contributed by atoms with Crippen molar-refractivity contribution in [3.8, 4) is 0 Å². The minimum absolute atomic E-state index is 0.211. The van der Waals surface area contributed by atoms with Gasteiger partial charge in [-0.05, 0) is 44.5 Å². The van der Waals surface area contributed by atoms with Gasteiger partial charge in [-0.15, -0.1) is 0 Å². The number of halogens is 1. The number of hydrogen-bond donors (Lipinski definition) is 1. The van der Waals surface area contributed by atoms with Crippen molar-refractivity contribution in [3.63, 3.8) is 0 Å². The molecule has 1 aromatic carbocycles. The molecule has 0 bridgehead atoms. The fraction of sp³-hybridized carbons (Fsp3) is 0.417. The van der Waals surface area contributed by atoms with Crippen LogP contribution in [0.5, 0.6) is 0 Å². The normalized spacial score (nSPS) is 18.4. The molecule has 0 unspecified atom stereocenters. The van der Waals surface area contributed by atoms with Crippen LogP contribution in [0.25, 0.3) is 0 Å². The largest absolute Gasteiger partial charge is 0.335 e. The van der Waals surface area contributed by atoms with Crippen LogP contribution in [0.15, 0.2) is 23.2 Å². The molecule has 16 heavy (non-hydrogen) atoms. The number of aliphatic imine (C=N–C) groups is 1. The van der Waals surface area contributed by atoms with Crippen LogP contribution in [0.4, 0.5) is 5.69 Å². The van der Waals surface area contributed by atoms with Crippen molar-refractivity contribution in [1.29, 1.82) is 0 Å². The summed E-state index contributed by atoms with van der Waals surface area (Å²) < 4.78 is 0.211. The van der Waals surface area contributed by atoms with Crippen LogP contribution in [0, 0.1) is 6.92 Å². The molecule has 0 fully saturated rings. The zero-order valence-electron chi connectivity index (χ0n) is 9.67. The van der Waals surface area contributed by atoms with Gasteiger partial charge in [0.1, 0.15) is 0 Å². The fourth-order valence-corrected chi connectivity index (χ4v) is 2.71. The number of nitrogens with zero attached hydrogens (tertiary/aromatic N) is 1. The summed E-state index contributed by atoms with van der Waals surface area (Å²) in [5.74, 6) is 0. The van der Waals surface area contributed by atoms with Crippen LogP contribution < -0.4 is 5.32 Å². The van der Waals surface area contributed by atoms with Gasteiger partial charge in [0.15, 0.2) is 5.17 Å². The first kappa shape index (κ1) is 11.8. The number of amidine groups is 1. The van der Waals surface area contributed by atoms with Crippen molar-refractivity contribution >= 4 is 34.2 Å². The van der Waals surface area contributed by atoms with Gasteiger partial charge in [0.2, 0.25) is 0 Å². The monoisotopic (exact) mass is 254 g/mol. The Bertz CT molecular complexity index is 441. The van der Waals surface area contributed by atoms with Crippen LogP contribution in [0.3, 0.4) is 0 Å². The molecule has 1 heterocycles. The minimum Gasteiger partial charge on any atom is -0.335 e. The van der Waals surface area contributed by atoms with Crippen LogP contribution in [0.1, 0.15) is 19.4 Å². The van der Waals surface area contributed by atoms with Gasteiger partial charge >= 0.3 is 0 Å². The van der Waals surface area contributed by atoms with Crippen molar-refractivity contribution in [1.82, 2.24) is 0 Å². The Morgan fingerprint density at radius 2 is 2.19 bits per heavy atom. The summed E-state index contributed by atoms with van der Waals surface area (Å²) in [5, 5.41) is 5.11. The second kappa shape index (κ2) is 4.30. The highest BCUT2D eigenvalue weighted by Crippen LogP contribution is 2.33. The van der Waals surface area contributed by atoms with Crippen LogP contribution in [0.2, 0.25) is 5.02 Å². The van der Waals surface area contributed by atoms with Gasteiger partial charge < -0.3 is 5.32 Å². The molecule has 1 aromatic rings. The standard InChI is InChI=1S/C12H15ClN2S/c1-8-6-9(13)4-5-10(8)15-11-14-7-12(2,3)16-11/h4-6H,7H2,1-3H3,(H,14,15). The smallest absolute Gasteiger partial charge is 0.161 e. The Kier molecular flexibility index (Phi) is 3.17. The molecule has 1 aliphatic rings. The number of hydrogen-bond acceptors (Lipinski definition) is 3. The fourth-order valence-electron chi connectivity index (χ4n) is 1.54. The predicted molar refractivity (Wildman–Crippen MR) is 73.8 cm³/mol. The first-order chi connectivity index (χ1) is 7.46. The number of nitrogens with one attached hydrogen (secondary N) is 1. The molecule has 0 aromatic heterocycles. The number of aryl methyl sites for hydroxylation is 1. The van der Waals surface area contributed by atoms with E-state index < -0.39 is 0 Å². The number of thioether (sulfide) groups is 1. The Hall–Kier alpha value is -0.670. The molecular weight excluding hydrogens is 240 g/mol. The lowest BCUT2D eigenvalue weighted by atomic mass is 10.2. The lowest BCUT2D eigenvalue weighted by Crippen LogP contribution is -2.16. The van der Waals surface area contributed by atoms with E-state index >= 15 is 0 Å². The maximum Gasteiger partial charge on any atom is 0.161 e. The van der Waals surface area contributed by atoms with Gasteiger partial charge in [-0.25, -0.2) is 0 Å². The SMILES string of the molecule is Cc1cc(Cl)ccc1NC1=NCC(C)(C)S1. The first-order valence-electron chi connectivity index (χ1n) is 5.23. The Labute approximate surface area is 105 Å². The molecule has 0 aliphatic carbocycles. The van der Waals surface area contributed by atoms with E-state index in [1.807, 2.05) is 25.1 Å². The van der Waals surface area contributed by atoms with Crippen LogP contribution in [-0.2, 0) is 0 Å². The van der Waals surface area contributed by atoms with Gasteiger partial charge in [-0.2, -0.15) is 0 Å². The van der Waals surface area contributed by atoms with Crippen molar-refractivity contribution in [3.05, 3.63) is 28.8 Å². The van der Waals surface area contributed by atoms with Gasteiger partial charge in [-0.3, -0.25) is 4.99 Å². The summed E-state index contributed by atoms with van der Waals surface area (Å²) >= 11 is 7.70. The zero-order valence-corrected chi connectivity index (χ0v) is 11.2. The zero-order chi connectivity index (χ0) is 11.8. The Morgan fingerprint density at radius 3 is 2.75 bits per heavy atom. The molecule has 2 nitrogen and oxygen atoms in total. The highest BCUT2D eigenvalue weighted by atomic mass is 35.5. The van der Waals surface area contributed by atoms with E-state index in [4.69, 9.17) is 11.6 Å². The third kappa shape index (κ3) is 2.71. The average molecular weight is 255 g/mol. The van der Waals surface area contributed by atoms with Gasteiger partial charge in [-0.1, -0.05) is 23.4 Å². The molecule has 0 saturated heterocycles. The molecule has 0 spiro atoms. The third-order valence-electron chi connectivity index (χ3n) is 2.41. The maximum atomic E-state index is 5.92. The second-order valence-electron chi connectivity index (χ2n) is 4.57. The quantitative estimate of drug-likeness (QED) is 0.821. The van der Waals surface area contributed by atoms with Crippen molar-refractivity contribution in [2.24, 2.45) is 4.99 Å². The summed E-state index contributed by atoms with van der Waals surface area (Å²) in [5.41, 5.74) is 2.22. The van der Waals surface area contributed by atoms with Crippen molar-refractivity contribution in [2.75, 3.05) is 11.9 Å². The van der Waals surface area contributed by atoms with E-state index in [1.165, 1.54) is 0 Å². The number of anilines is 1. The minimum atomic E-state index is 0.211. The van der Waals surface area contributed by atoms with Crippen molar-refractivity contribution < 1.29 is 0 Å². The molecule has 1 aliphatic heterocycles. The van der Waals surface area contributed by atoms with Crippen molar-refractivity contribution in [2.45, 2.75) is 25.5 Å². The summed E-state index contributed by atoms with van der Waals surface area (Å²) in [6.07, 6.45) is 0. The molecule has 1 N–H and O–H groups in total. The summed E-state index contributed by atoms with van der Waals surface area (Å²) in [6, 6.07) is 5.84. The first-order valence-corrected chi connectivity index (χ1v) is 6.42. The van der Waals surface area contributed by atoms with Crippen LogP contribution in [-0.4, -0.2) is 16.5 Å². The maximum absolute atomic E-state index is 5.92. The molecule has 0 amide bonds. The highest BCUT2D eigenvalue weighted by Gasteiger charge is 2.27. The number of benzene rings is 1. The molecule has 2 rings (SSSR count). The van der Waals surface area contributed by atoms with Gasteiger partial charge in [0.05, 0.1) is 6.54 Å². The summed E-state index contributed by atoms with van der Waals surface area (Å²) in [7, 11) is 0. The Morgan fingerprint density at radius 1 is 1.44 bits per heavy atom. The van der Waals surface area contributed by atoms with E-state index in [2.05, 4.69) is 24.2 Å². The topological polar surface area (TPSA) is 24.4 Å². The van der Waals surface area contributed by atoms with E-state index in [0.717, 1.165) is 28.0 Å². The summed E-state index contributed by atoms with van der Waals surface area (Å²) in [6.45, 7) is 7.31. The molecule has 4 heteroatoms. The van der Waals surface area contributed by atoms with E-state index in [0.29, 0.717) is 0 Å². The number of rotatable bonds is 1. The van der Waals surface area contributed by atoms with Gasteiger partial charge in [0, 0.05) is 15.5 Å². The lowest BCUT2D eigenvalue weighted by molar-refractivity contribution is 0.741. The van der Waals surface area contributed by atoms with E-state index in [-0.39, 0.29) is 4.75 Å². The highest BCUT2D eigenvalue weighted by molar-refractivity contribution is 8.15. The molecule has 0 radical (unpaired) electrons.